The number of nitrogens with zero attached hydrogens (tertiary/aromatic N) is 3. The van der Waals surface area contributed by atoms with E-state index in [0.717, 1.165) is 15.1 Å². The number of rotatable bonds is 5. The van der Waals surface area contributed by atoms with Gasteiger partial charge >= 0.3 is 0 Å². The molecule has 1 N–H and O–H groups in total. The number of hydrogen-bond acceptors (Lipinski definition) is 4. The molecule has 28 heavy (non-hydrogen) atoms. The molecule has 140 valence electrons. The number of aromatic nitrogens is 2. The molecule has 0 fully saturated rings. The van der Waals surface area contributed by atoms with E-state index in [2.05, 4.69) is 26.3 Å². The van der Waals surface area contributed by atoms with Gasteiger partial charge in [-0.3, -0.25) is 19.3 Å². The Hall–Kier alpha value is -3.26. The molecule has 0 atom stereocenters. The van der Waals surface area contributed by atoms with Crippen molar-refractivity contribution in [3.63, 3.8) is 0 Å². The molecule has 1 aliphatic heterocycles. The Labute approximate surface area is 169 Å². The summed E-state index contributed by atoms with van der Waals surface area (Å²) in [5.41, 5.74) is 2.14. The fraction of sp³-hybridized carbons (Fsp3) is 0.100. The van der Waals surface area contributed by atoms with Crippen molar-refractivity contribution in [2.75, 3.05) is 11.9 Å². The number of fused-ring (bicyclic) bond motifs is 1. The lowest BCUT2D eigenvalue weighted by Crippen LogP contribution is -2.32. The first-order chi connectivity index (χ1) is 13.5. The molecule has 8 heteroatoms. The van der Waals surface area contributed by atoms with Gasteiger partial charge in [-0.1, -0.05) is 22.0 Å². The average Bonchev–Trinajstić information content (AvgIpc) is 3.29. The molecule has 0 aliphatic carbocycles. The van der Waals surface area contributed by atoms with Gasteiger partial charge in [0.2, 0.25) is 5.91 Å². The number of carbonyl (C=O) groups is 3. The molecule has 0 saturated heterocycles. The molecule has 3 aromatic rings. The Morgan fingerprint density at radius 3 is 2.64 bits per heavy atom. The predicted molar refractivity (Wildman–Crippen MR) is 106 cm³/mol. The molecule has 0 radical (unpaired) electrons. The van der Waals surface area contributed by atoms with Crippen LogP contribution in [0, 0.1) is 0 Å². The van der Waals surface area contributed by atoms with Gasteiger partial charge in [0.25, 0.3) is 11.8 Å². The van der Waals surface area contributed by atoms with Gasteiger partial charge in [0.15, 0.2) is 0 Å². The Morgan fingerprint density at radius 1 is 1.04 bits per heavy atom. The zero-order chi connectivity index (χ0) is 19.7. The molecule has 1 aliphatic rings. The van der Waals surface area contributed by atoms with E-state index in [9.17, 15) is 14.4 Å². The smallest absolute Gasteiger partial charge is 0.261 e. The van der Waals surface area contributed by atoms with Crippen molar-refractivity contribution < 1.29 is 14.4 Å². The van der Waals surface area contributed by atoms with Crippen molar-refractivity contribution in [2.24, 2.45) is 0 Å². The van der Waals surface area contributed by atoms with Crippen molar-refractivity contribution in [2.45, 2.75) is 6.42 Å². The molecule has 0 bridgehead atoms. The molecule has 4 rings (SSSR count). The van der Waals surface area contributed by atoms with Gasteiger partial charge in [-0.25, -0.2) is 4.68 Å². The van der Waals surface area contributed by atoms with Crippen LogP contribution in [-0.4, -0.2) is 38.9 Å². The highest BCUT2D eigenvalue weighted by molar-refractivity contribution is 9.10. The van der Waals surface area contributed by atoms with Gasteiger partial charge < -0.3 is 5.32 Å². The first-order valence-electron chi connectivity index (χ1n) is 8.58. The number of anilines is 1. The van der Waals surface area contributed by atoms with Gasteiger partial charge in [-0.05, 0) is 42.5 Å². The largest absolute Gasteiger partial charge is 0.326 e. The van der Waals surface area contributed by atoms with Crippen LogP contribution in [0.5, 0.6) is 0 Å². The highest BCUT2D eigenvalue weighted by atomic mass is 79.9. The number of amides is 3. The second-order valence-electron chi connectivity index (χ2n) is 6.25. The van der Waals surface area contributed by atoms with E-state index >= 15 is 0 Å². The first kappa shape index (κ1) is 18.1. The SMILES string of the molecule is O=C(CCN1C(=O)c2ccc(Br)cc2C1=O)Nc1cccc(-n2cccn2)c1. The van der Waals surface area contributed by atoms with E-state index in [1.54, 1.807) is 41.2 Å². The zero-order valence-electron chi connectivity index (χ0n) is 14.6. The zero-order valence-corrected chi connectivity index (χ0v) is 16.2. The first-order valence-corrected chi connectivity index (χ1v) is 9.38. The van der Waals surface area contributed by atoms with Crippen LogP contribution in [0.1, 0.15) is 27.1 Å². The molecule has 7 nitrogen and oxygen atoms in total. The van der Waals surface area contributed by atoms with Gasteiger partial charge in [0.1, 0.15) is 0 Å². The number of halogens is 1. The predicted octanol–water partition coefficient (Wildman–Crippen LogP) is 3.26. The molecular weight excluding hydrogens is 424 g/mol. The summed E-state index contributed by atoms with van der Waals surface area (Å²) in [6.07, 6.45) is 3.49. The Kier molecular flexibility index (Phi) is 4.79. The Morgan fingerprint density at radius 2 is 1.86 bits per heavy atom. The lowest BCUT2D eigenvalue weighted by Gasteiger charge is -2.13. The Bertz CT molecular complexity index is 1080. The third-order valence-electron chi connectivity index (χ3n) is 4.39. The van der Waals surface area contributed by atoms with Crippen LogP contribution in [0.4, 0.5) is 5.69 Å². The minimum Gasteiger partial charge on any atom is -0.326 e. The van der Waals surface area contributed by atoms with Gasteiger partial charge in [-0.2, -0.15) is 5.10 Å². The number of imide groups is 1. The minimum atomic E-state index is -0.380. The molecule has 1 aromatic heterocycles. The van der Waals surface area contributed by atoms with Crippen LogP contribution in [0.15, 0.2) is 65.4 Å². The fourth-order valence-electron chi connectivity index (χ4n) is 3.05. The highest BCUT2D eigenvalue weighted by Gasteiger charge is 2.35. The third kappa shape index (κ3) is 3.46. The highest BCUT2D eigenvalue weighted by Crippen LogP contribution is 2.26. The molecule has 0 saturated carbocycles. The maximum absolute atomic E-state index is 12.4. The summed E-state index contributed by atoms with van der Waals surface area (Å²) in [6.45, 7) is 0.0225. The van der Waals surface area contributed by atoms with E-state index in [-0.39, 0.29) is 30.7 Å². The quantitative estimate of drug-likeness (QED) is 0.619. The van der Waals surface area contributed by atoms with Crippen molar-refractivity contribution in [1.29, 1.82) is 0 Å². The van der Waals surface area contributed by atoms with Gasteiger partial charge in [0.05, 0.1) is 16.8 Å². The van der Waals surface area contributed by atoms with Crippen LogP contribution < -0.4 is 5.32 Å². The van der Waals surface area contributed by atoms with Crippen LogP contribution in [0.3, 0.4) is 0 Å². The minimum absolute atomic E-state index is 0.0125. The summed E-state index contributed by atoms with van der Waals surface area (Å²) in [6, 6.07) is 14.0. The number of carbonyl (C=O) groups excluding carboxylic acids is 3. The summed E-state index contributed by atoms with van der Waals surface area (Å²) in [4.78, 5) is 38.3. The van der Waals surface area contributed by atoms with Crippen LogP contribution in [0.25, 0.3) is 5.69 Å². The van der Waals surface area contributed by atoms with E-state index in [1.807, 2.05) is 24.4 Å². The standard InChI is InChI=1S/C20H15BrN4O3/c21-13-5-6-16-17(11-13)20(28)24(19(16)27)10-7-18(26)23-14-3-1-4-15(12-14)25-9-2-8-22-25/h1-6,8-9,11-12H,7,10H2,(H,23,26). The summed E-state index contributed by atoms with van der Waals surface area (Å²) in [5, 5.41) is 6.95. The normalized spacial score (nSPS) is 13.0. The molecule has 2 heterocycles. The second-order valence-corrected chi connectivity index (χ2v) is 7.17. The summed E-state index contributed by atoms with van der Waals surface area (Å²) < 4.78 is 2.41. The Balaban J connectivity index is 1.40. The van der Waals surface area contributed by atoms with Crippen LogP contribution in [-0.2, 0) is 4.79 Å². The lowest BCUT2D eigenvalue weighted by molar-refractivity contribution is -0.116. The number of hydrogen-bond donors (Lipinski definition) is 1. The van der Waals surface area contributed by atoms with E-state index in [0.29, 0.717) is 16.8 Å². The molecule has 0 spiro atoms. The second kappa shape index (κ2) is 7.40. The summed E-state index contributed by atoms with van der Waals surface area (Å²) >= 11 is 3.30. The van der Waals surface area contributed by atoms with Crippen molar-refractivity contribution in [3.8, 4) is 5.69 Å². The maximum atomic E-state index is 12.4. The summed E-state index contributed by atoms with van der Waals surface area (Å²) in [7, 11) is 0. The molecule has 0 unspecified atom stereocenters. The topological polar surface area (TPSA) is 84.3 Å². The van der Waals surface area contributed by atoms with E-state index in [1.165, 1.54) is 0 Å². The fourth-order valence-corrected chi connectivity index (χ4v) is 3.41. The maximum Gasteiger partial charge on any atom is 0.261 e. The lowest BCUT2D eigenvalue weighted by atomic mass is 10.1. The van der Waals surface area contributed by atoms with Crippen LogP contribution in [0.2, 0.25) is 0 Å². The number of benzene rings is 2. The van der Waals surface area contributed by atoms with Gasteiger partial charge in [0, 0.05) is 35.5 Å². The van der Waals surface area contributed by atoms with Crippen molar-refractivity contribution in [1.82, 2.24) is 14.7 Å². The van der Waals surface area contributed by atoms with E-state index in [4.69, 9.17) is 0 Å². The summed E-state index contributed by atoms with van der Waals surface area (Å²) in [5.74, 6) is -1.04. The number of nitrogens with one attached hydrogen (secondary N) is 1. The van der Waals surface area contributed by atoms with Crippen LogP contribution >= 0.6 is 15.9 Å². The van der Waals surface area contributed by atoms with Crippen molar-refractivity contribution >= 4 is 39.3 Å². The van der Waals surface area contributed by atoms with E-state index < -0.39 is 0 Å². The van der Waals surface area contributed by atoms with Gasteiger partial charge in [-0.15, -0.1) is 0 Å². The molecule has 2 aromatic carbocycles. The average molecular weight is 439 g/mol. The van der Waals surface area contributed by atoms with Crippen molar-refractivity contribution in [3.05, 3.63) is 76.5 Å². The monoisotopic (exact) mass is 438 g/mol. The third-order valence-corrected chi connectivity index (χ3v) is 4.89. The molecule has 3 amide bonds. The molecular formula is C20H15BrN4O3.